The van der Waals surface area contributed by atoms with Gasteiger partial charge in [0.15, 0.2) is 6.21 Å². The van der Waals surface area contributed by atoms with E-state index in [4.69, 9.17) is 0 Å². The molecule has 0 fully saturated rings. The molecule has 0 unspecified atom stereocenters. The zero-order valence-corrected chi connectivity index (χ0v) is 7.49. The first-order chi connectivity index (χ1) is 5.77. The highest BCUT2D eigenvalue weighted by atomic mass is 15.2. The smallest absolute Gasteiger partial charge is 0.218 e. The van der Waals surface area contributed by atoms with Gasteiger partial charge in [-0.1, -0.05) is 12.1 Å². The fraction of sp³-hybridized carbons (Fsp3) is 0.300. The van der Waals surface area contributed by atoms with Gasteiger partial charge in [-0.3, -0.25) is 0 Å². The van der Waals surface area contributed by atoms with Crippen molar-refractivity contribution in [2.75, 3.05) is 25.7 Å². The van der Waals surface area contributed by atoms with Crippen LogP contribution in [0.25, 0.3) is 0 Å². The van der Waals surface area contributed by atoms with Gasteiger partial charge in [0, 0.05) is 7.05 Å². The Bertz CT molecular complexity index is 328. The lowest BCUT2D eigenvalue weighted by atomic mass is 10.1. The zero-order chi connectivity index (χ0) is 8.55. The molecule has 0 atom stereocenters. The van der Waals surface area contributed by atoms with Gasteiger partial charge in [-0.2, -0.15) is 0 Å². The number of fused-ring (bicyclic) bond motifs is 1. The highest BCUT2D eigenvalue weighted by Crippen LogP contribution is 2.19. The van der Waals surface area contributed by atoms with Crippen molar-refractivity contribution in [1.29, 1.82) is 0 Å². The van der Waals surface area contributed by atoms with Gasteiger partial charge in [0.05, 0.1) is 11.3 Å². The van der Waals surface area contributed by atoms with Crippen molar-refractivity contribution < 1.29 is 4.58 Å². The summed E-state index contributed by atoms with van der Waals surface area (Å²) in [4.78, 5) is 2.25. The maximum absolute atomic E-state index is 2.25. The quantitative estimate of drug-likeness (QED) is 0.517. The molecule has 1 aliphatic rings. The molecule has 0 amide bonds. The maximum atomic E-state index is 2.25. The first-order valence-electron chi connectivity index (χ1n) is 4.12. The molecule has 0 spiro atoms. The molecule has 2 rings (SSSR count). The number of hydrogen-bond donors (Lipinski definition) is 0. The fourth-order valence-corrected chi connectivity index (χ4v) is 1.63. The molecular formula is C10H13N2+. The zero-order valence-electron chi connectivity index (χ0n) is 7.49. The Labute approximate surface area is 72.8 Å². The number of para-hydroxylation sites is 1. The van der Waals surface area contributed by atoms with Crippen LogP contribution in [0.1, 0.15) is 5.56 Å². The third-order valence-electron chi connectivity index (χ3n) is 2.14. The second-order valence-corrected chi connectivity index (χ2v) is 3.28. The molecule has 1 aromatic carbocycles. The van der Waals surface area contributed by atoms with E-state index in [1.165, 1.54) is 11.3 Å². The summed E-state index contributed by atoms with van der Waals surface area (Å²) in [6.07, 6.45) is 2.18. The highest BCUT2D eigenvalue weighted by molar-refractivity contribution is 5.86. The van der Waals surface area contributed by atoms with E-state index in [2.05, 4.69) is 54.1 Å². The van der Waals surface area contributed by atoms with Gasteiger partial charge >= 0.3 is 0 Å². The predicted molar refractivity (Wildman–Crippen MR) is 51.1 cm³/mol. The van der Waals surface area contributed by atoms with Crippen LogP contribution >= 0.6 is 0 Å². The van der Waals surface area contributed by atoms with Gasteiger partial charge in [0.25, 0.3) is 0 Å². The Balaban J connectivity index is 2.55. The van der Waals surface area contributed by atoms with Crippen molar-refractivity contribution in [2.45, 2.75) is 0 Å². The standard InChI is InChI=1S/C10H13N2/c1-11-7-9-5-3-4-6-10(9)12(2)8-11/h3-7H,8H2,1-2H3/q+1. The summed E-state index contributed by atoms with van der Waals surface area (Å²) < 4.78 is 2.18. The van der Waals surface area contributed by atoms with Crippen LogP contribution in [0.5, 0.6) is 0 Å². The van der Waals surface area contributed by atoms with E-state index >= 15 is 0 Å². The molecule has 0 radical (unpaired) electrons. The van der Waals surface area contributed by atoms with E-state index in [-0.39, 0.29) is 0 Å². The predicted octanol–water partition coefficient (Wildman–Crippen LogP) is 1.16. The van der Waals surface area contributed by atoms with E-state index in [0.29, 0.717) is 0 Å². The minimum atomic E-state index is 0.969. The minimum absolute atomic E-state index is 0.969. The molecule has 1 aliphatic heterocycles. The van der Waals surface area contributed by atoms with Crippen molar-refractivity contribution in [3.63, 3.8) is 0 Å². The monoisotopic (exact) mass is 161 g/mol. The third-order valence-corrected chi connectivity index (χ3v) is 2.14. The summed E-state index contributed by atoms with van der Waals surface area (Å²) in [5, 5.41) is 0. The largest absolute Gasteiger partial charge is 0.319 e. The topological polar surface area (TPSA) is 6.25 Å². The Hall–Kier alpha value is -1.31. The second kappa shape index (κ2) is 2.63. The third kappa shape index (κ3) is 1.09. The Morgan fingerprint density at radius 2 is 2.08 bits per heavy atom. The van der Waals surface area contributed by atoms with Crippen LogP contribution in [0, 0.1) is 0 Å². The van der Waals surface area contributed by atoms with E-state index < -0.39 is 0 Å². The van der Waals surface area contributed by atoms with Gasteiger partial charge in [-0.15, -0.1) is 0 Å². The Kier molecular flexibility index (Phi) is 1.61. The lowest BCUT2D eigenvalue weighted by molar-refractivity contribution is -0.492. The average molecular weight is 161 g/mol. The van der Waals surface area contributed by atoms with Gasteiger partial charge in [-0.05, 0) is 12.1 Å². The number of anilines is 1. The van der Waals surface area contributed by atoms with Crippen LogP contribution in [0.3, 0.4) is 0 Å². The Morgan fingerprint density at radius 3 is 2.92 bits per heavy atom. The van der Waals surface area contributed by atoms with Crippen LogP contribution in [-0.2, 0) is 0 Å². The number of nitrogens with zero attached hydrogens (tertiary/aromatic N) is 2. The van der Waals surface area contributed by atoms with Crippen LogP contribution in [0.4, 0.5) is 5.69 Å². The molecule has 0 saturated carbocycles. The van der Waals surface area contributed by atoms with Crippen LogP contribution in [0.2, 0.25) is 0 Å². The SMILES string of the molecule is CN1C[N+](C)=Cc2ccccc21. The number of rotatable bonds is 0. The van der Waals surface area contributed by atoms with E-state index in [1.54, 1.807) is 0 Å². The maximum Gasteiger partial charge on any atom is 0.218 e. The average Bonchev–Trinajstić information content (AvgIpc) is 2.04. The molecule has 62 valence electrons. The van der Waals surface area contributed by atoms with Gasteiger partial charge in [0.2, 0.25) is 6.67 Å². The normalized spacial score (nSPS) is 15.5. The molecule has 1 heterocycles. The van der Waals surface area contributed by atoms with Crippen LogP contribution < -0.4 is 4.90 Å². The molecule has 0 saturated heterocycles. The molecule has 12 heavy (non-hydrogen) atoms. The number of benzene rings is 1. The number of hydrogen-bond acceptors (Lipinski definition) is 1. The van der Waals surface area contributed by atoms with Crippen LogP contribution in [-0.4, -0.2) is 31.6 Å². The van der Waals surface area contributed by atoms with Crippen molar-refractivity contribution in [1.82, 2.24) is 0 Å². The lowest BCUT2D eigenvalue weighted by Crippen LogP contribution is -2.32. The molecule has 1 aromatic rings. The van der Waals surface area contributed by atoms with Gasteiger partial charge < -0.3 is 4.90 Å². The molecule has 2 heteroatoms. The summed E-state index contributed by atoms with van der Waals surface area (Å²) >= 11 is 0. The van der Waals surface area contributed by atoms with Crippen molar-refractivity contribution in [3.8, 4) is 0 Å². The molecule has 0 aromatic heterocycles. The van der Waals surface area contributed by atoms with Gasteiger partial charge in [-0.25, -0.2) is 4.58 Å². The summed E-state index contributed by atoms with van der Waals surface area (Å²) in [5.41, 5.74) is 2.62. The van der Waals surface area contributed by atoms with E-state index in [1.807, 2.05) is 0 Å². The van der Waals surface area contributed by atoms with Crippen molar-refractivity contribution in [3.05, 3.63) is 29.8 Å². The molecular weight excluding hydrogens is 148 g/mol. The first kappa shape index (κ1) is 7.35. The molecule has 0 aliphatic carbocycles. The van der Waals surface area contributed by atoms with Crippen LogP contribution in [0.15, 0.2) is 24.3 Å². The summed E-state index contributed by atoms with van der Waals surface area (Å²) in [5.74, 6) is 0. The highest BCUT2D eigenvalue weighted by Gasteiger charge is 2.15. The lowest BCUT2D eigenvalue weighted by Gasteiger charge is -2.21. The van der Waals surface area contributed by atoms with Gasteiger partial charge in [0.1, 0.15) is 7.05 Å². The Morgan fingerprint density at radius 1 is 1.33 bits per heavy atom. The second-order valence-electron chi connectivity index (χ2n) is 3.28. The first-order valence-corrected chi connectivity index (χ1v) is 4.12. The summed E-state index contributed by atoms with van der Waals surface area (Å²) in [6, 6.07) is 8.44. The summed E-state index contributed by atoms with van der Waals surface area (Å²) in [7, 11) is 4.20. The minimum Gasteiger partial charge on any atom is -0.319 e. The summed E-state index contributed by atoms with van der Waals surface area (Å²) in [6.45, 7) is 0.969. The molecule has 0 N–H and O–H groups in total. The van der Waals surface area contributed by atoms with Crippen molar-refractivity contribution in [2.24, 2.45) is 0 Å². The molecule has 2 nitrogen and oxygen atoms in total. The molecule has 0 bridgehead atoms. The van der Waals surface area contributed by atoms with E-state index in [0.717, 1.165) is 6.67 Å². The van der Waals surface area contributed by atoms with Crippen molar-refractivity contribution >= 4 is 11.9 Å². The van der Waals surface area contributed by atoms with E-state index in [9.17, 15) is 0 Å². The fourth-order valence-electron chi connectivity index (χ4n) is 1.63.